The third-order valence-corrected chi connectivity index (χ3v) is 6.22. The smallest absolute Gasteiger partial charge is 0.255 e. The number of nitrogens with zero attached hydrogens (tertiary/aromatic N) is 2. The predicted molar refractivity (Wildman–Crippen MR) is 135 cm³/mol. The van der Waals surface area contributed by atoms with E-state index in [1.165, 1.54) is 6.20 Å². The molecule has 6 heteroatoms. The van der Waals surface area contributed by atoms with Gasteiger partial charge in [0.2, 0.25) is 0 Å². The fraction of sp³-hybridized carbons (Fsp3) is 0.0690. The zero-order chi connectivity index (χ0) is 24.6. The van der Waals surface area contributed by atoms with Crippen LogP contribution >= 0.6 is 0 Å². The molecule has 4 aromatic rings. The van der Waals surface area contributed by atoms with Crippen LogP contribution in [0, 0.1) is 18.8 Å². The number of rotatable bonds is 5. The Morgan fingerprint density at radius 1 is 0.857 bits per heavy atom. The third-order valence-electron chi connectivity index (χ3n) is 5.21. The first-order chi connectivity index (χ1) is 17.0. The van der Waals surface area contributed by atoms with Gasteiger partial charge in [0.1, 0.15) is 0 Å². The number of Topliss-reactive ketones (excluding diaryl/α,β-unsaturated/α-hetero) is 1. The lowest BCUT2D eigenvalue weighted by Gasteiger charge is -2.05. The summed E-state index contributed by atoms with van der Waals surface area (Å²) >= 11 is 0. The van der Waals surface area contributed by atoms with E-state index in [4.69, 9.17) is 0 Å². The maximum absolute atomic E-state index is 12.6. The van der Waals surface area contributed by atoms with Crippen molar-refractivity contribution in [2.45, 2.75) is 18.2 Å². The molecular weight excluding hydrogens is 456 g/mol. The van der Waals surface area contributed by atoms with Gasteiger partial charge in [0.05, 0.1) is 5.56 Å². The highest BCUT2D eigenvalue weighted by atomic mass is 32.2. The number of amides is 1. The van der Waals surface area contributed by atoms with Gasteiger partial charge in [-0.15, -0.1) is 0 Å². The van der Waals surface area contributed by atoms with Crippen molar-refractivity contribution in [3.8, 4) is 11.8 Å². The van der Waals surface area contributed by atoms with E-state index < -0.39 is 16.5 Å². The number of ketones is 1. The summed E-state index contributed by atoms with van der Waals surface area (Å²) in [5.41, 5.74) is 4.13. The van der Waals surface area contributed by atoms with Crippen LogP contribution < -0.4 is 0 Å². The molecule has 1 heterocycles. The summed E-state index contributed by atoms with van der Waals surface area (Å²) in [5, 5.41) is 0. The molecule has 172 valence electrons. The highest BCUT2D eigenvalue weighted by molar-refractivity contribution is 7.75. The molecule has 0 aliphatic carbocycles. The minimum Gasteiger partial charge on any atom is -0.440 e. The molecule has 0 radical (unpaired) electrons. The number of benzene rings is 3. The highest BCUT2D eigenvalue weighted by Gasteiger charge is 2.09. The van der Waals surface area contributed by atoms with E-state index in [9.17, 15) is 13.8 Å². The molecule has 0 fully saturated rings. The predicted octanol–water partition coefficient (Wildman–Crippen LogP) is 5.56. The molecule has 1 amide bonds. The minimum atomic E-state index is -1.79. The van der Waals surface area contributed by atoms with Gasteiger partial charge in [0, 0.05) is 35.5 Å². The second-order valence-corrected chi connectivity index (χ2v) is 8.94. The van der Waals surface area contributed by atoms with E-state index >= 15 is 0 Å². The van der Waals surface area contributed by atoms with Gasteiger partial charge in [-0.25, -0.2) is 0 Å². The van der Waals surface area contributed by atoms with Crippen LogP contribution in [-0.4, -0.2) is 16.7 Å². The molecule has 0 atom stereocenters. The van der Waals surface area contributed by atoms with E-state index in [1.54, 1.807) is 42.6 Å². The Bertz CT molecular complexity index is 1530. The summed E-state index contributed by atoms with van der Waals surface area (Å²) in [5.74, 6) is 5.48. The van der Waals surface area contributed by atoms with E-state index in [0.29, 0.717) is 16.9 Å². The van der Waals surface area contributed by atoms with Crippen LogP contribution in [0.25, 0.3) is 0 Å². The Hall–Kier alpha value is -4.34. The molecule has 1 aromatic heterocycles. The lowest BCUT2D eigenvalue weighted by Crippen LogP contribution is -2.05. The molecule has 5 nitrogen and oxygen atoms in total. The molecule has 0 aliphatic heterocycles. The van der Waals surface area contributed by atoms with Crippen LogP contribution in [-0.2, 0) is 21.2 Å². The maximum Gasteiger partial charge on any atom is 0.255 e. The first-order valence-electron chi connectivity index (χ1n) is 10.9. The summed E-state index contributed by atoms with van der Waals surface area (Å²) in [6.07, 6.45) is 3.24. The van der Waals surface area contributed by atoms with Gasteiger partial charge in [-0.2, -0.15) is 10.6 Å². The molecule has 0 aliphatic rings. The Morgan fingerprint density at radius 3 is 2.29 bits per heavy atom. The molecule has 4 rings (SSSR count). The topological polar surface area (TPSA) is 76.5 Å². The quantitative estimate of drug-likeness (QED) is 0.214. The summed E-state index contributed by atoms with van der Waals surface area (Å²) in [6.45, 7) is 1.93. The van der Waals surface area contributed by atoms with Crippen molar-refractivity contribution in [3.05, 3.63) is 131 Å². The van der Waals surface area contributed by atoms with Crippen molar-refractivity contribution in [3.63, 3.8) is 0 Å². The average Bonchev–Trinajstić information content (AvgIpc) is 2.89. The maximum atomic E-state index is 12.6. The van der Waals surface area contributed by atoms with Crippen LogP contribution in [0.1, 0.15) is 43.0 Å². The Labute approximate surface area is 206 Å². The van der Waals surface area contributed by atoms with Crippen molar-refractivity contribution >= 4 is 22.3 Å². The van der Waals surface area contributed by atoms with Crippen LogP contribution in [0.5, 0.6) is 0 Å². The molecule has 0 saturated heterocycles. The second-order valence-electron chi connectivity index (χ2n) is 7.78. The largest absolute Gasteiger partial charge is 0.440 e. The normalized spacial score (nSPS) is 11.3. The van der Waals surface area contributed by atoms with Gasteiger partial charge >= 0.3 is 0 Å². The number of aromatic nitrogens is 1. The van der Waals surface area contributed by atoms with Gasteiger partial charge in [0.25, 0.3) is 5.91 Å². The minimum absolute atomic E-state index is 0.0769. The first-order valence-corrected chi connectivity index (χ1v) is 12.0. The number of hydrogen-bond acceptors (Lipinski definition) is 5. The molecule has 0 N–H and O–H groups in total. The third kappa shape index (κ3) is 6.38. The monoisotopic (exact) mass is 477 g/mol. The molecule has 0 unspecified atom stereocenters. The lowest BCUT2D eigenvalue weighted by atomic mass is 9.99. The van der Waals surface area contributed by atoms with Crippen molar-refractivity contribution < 1.29 is 13.8 Å². The summed E-state index contributed by atoms with van der Waals surface area (Å²) < 4.78 is 16.0. The number of aryl methyl sites for hydroxylation is 1. The fourth-order valence-electron chi connectivity index (χ4n) is 3.36. The van der Waals surface area contributed by atoms with Crippen molar-refractivity contribution in [1.29, 1.82) is 0 Å². The van der Waals surface area contributed by atoms with Gasteiger partial charge in [-0.1, -0.05) is 83.5 Å². The highest BCUT2D eigenvalue weighted by Crippen LogP contribution is 2.13. The van der Waals surface area contributed by atoms with Crippen LogP contribution in [0.3, 0.4) is 0 Å². The molecule has 0 bridgehead atoms. The average molecular weight is 478 g/mol. The lowest BCUT2D eigenvalue weighted by molar-refractivity contribution is 0.0988. The van der Waals surface area contributed by atoms with E-state index in [0.717, 1.165) is 22.3 Å². The van der Waals surface area contributed by atoms with Gasteiger partial charge in [-0.3, -0.25) is 14.6 Å². The Balaban J connectivity index is 1.45. The number of pyridine rings is 1. The number of carbonyl (C=O) groups is 2. The standard InChI is InChI=1S/C29H21N2O3S/c1-21-7-5-6-10-27(21)28(32)18-23-14-11-22(12-15-23)13-16-24-17-25(20-30-19-24)29(33)31-35(34)26-8-3-2-4-9-26/h2-12,14-15,17,19-20H,18H2,1H3/q-1. The molecule has 0 saturated carbocycles. The zero-order valence-corrected chi connectivity index (χ0v) is 19.8. The van der Waals surface area contributed by atoms with E-state index in [-0.39, 0.29) is 11.3 Å². The van der Waals surface area contributed by atoms with Crippen LogP contribution in [0.15, 0.2) is 107 Å². The summed E-state index contributed by atoms with van der Waals surface area (Å²) in [4.78, 5) is 29.5. The summed E-state index contributed by atoms with van der Waals surface area (Å²) in [6, 6.07) is 25.2. The van der Waals surface area contributed by atoms with Crippen LogP contribution in [0.4, 0.5) is 0 Å². The van der Waals surface area contributed by atoms with Gasteiger partial charge in [-0.05, 0) is 36.2 Å². The molecule has 3 aromatic carbocycles. The Morgan fingerprint density at radius 2 is 1.54 bits per heavy atom. The molecule has 35 heavy (non-hydrogen) atoms. The van der Waals surface area contributed by atoms with Gasteiger partial charge < -0.3 is 8.57 Å². The van der Waals surface area contributed by atoms with Crippen molar-refractivity contribution in [1.82, 2.24) is 4.98 Å². The SMILES string of the molecule is Cc1ccccc1C(=O)Cc1ccc(C#Cc2cncc(C(=O)N=[S-](=O)c3ccccc3)c2)cc1. The summed E-state index contributed by atoms with van der Waals surface area (Å²) in [7, 11) is -1.79. The van der Waals surface area contributed by atoms with Crippen molar-refractivity contribution in [2.24, 2.45) is 4.36 Å². The second kappa shape index (κ2) is 11.2. The van der Waals surface area contributed by atoms with Crippen molar-refractivity contribution in [2.75, 3.05) is 0 Å². The van der Waals surface area contributed by atoms with E-state index in [2.05, 4.69) is 21.2 Å². The molecule has 0 spiro atoms. The fourth-order valence-corrected chi connectivity index (χ4v) is 4.11. The number of hydrogen-bond donors (Lipinski definition) is 0. The Kier molecular flexibility index (Phi) is 7.61. The zero-order valence-electron chi connectivity index (χ0n) is 19.0. The van der Waals surface area contributed by atoms with Gasteiger partial charge in [0.15, 0.2) is 5.78 Å². The first kappa shape index (κ1) is 23.8. The van der Waals surface area contributed by atoms with Crippen LogP contribution in [0.2, 0.25) is 0 Å². The molecular formula is C29H21N2O3S-. The van der Waals surface area contributed by atoms with E-state index in [1.807, 2.05) is 55.5 Å². The number of carbonyl (C=O) groups excluding carboxylic acids is 2.